The fourth-order valence-electron chi connectivity index (χ4n) is 1.92. The van der Waals surface area contributed by atoms with E-state index in [9.17, 15) is 4.79 Å². The average Bonchev–Trinajstić information content (AvgIpc) is 2.75. The highest BCUT2D eigenvalue weighted by molar-refractivity contribution is 9.09. The Morgan fingerprint density at radius 3 is 2.83 bits per heavy atom. The summed E-state index contributed by atoms with van der Waals surface area (Å²) in [6, 6.07) is 0. The maximum absolute atomic E-state index is 12.1. The maximum Gasteiger partial charge on any atom is 0.254 e. The van der Waals surface area contributed by atoms with Gasteiger partial charge < -0.3 is 5.32 Å². The zero-order chi connectivity index (χ0) is 13.5. The Labute approximate surface area is 117 Å². The molecule has 0 aliphatic heterocycles. The van der Waals surface area contributed by atoms with E-state index in [0.29, 0.717) is 11.5 Å². The number of aryl methyl sites for hydroxylation is 2. The molecule has 0 radical (unpaired) electrons. The van der Waals surface area contributed by atoms with Gasteiger partial charge in [0.15, 0.2) is 0 Å². The lowest BCUT2D eigenvalue weighted by molar-refractivity contribution is 0.0945. The number of amides is 1. The van der Waals surface area contributed by atoms with Gasteiger partial charge in [-0.05, 0) is 18.8 Å². The molecule has 1 atom stereocenters. The number of halogens is 1. The zero-order valence-electron chi connectivity index (χ0n) is 11.4. The Balaban J connectivity index is 2.59. The van der Waals surface area contributed by atoms with Crippen LogP contribution in [0.1, 0.15) is 42.7 Å². The van der Waals surface area contributed by atoms with Crippen molar-refractivity contribution in [3.63, 3.8) is 0 Å². The lowest BCUT2D eigenvalue weighted by Crippen LogP contribution is -2.29. The minimum absolute atomic E-state index is 0.00651. The van der Waals surface area contributed by atoms with E-state index < -0.39 is 0 Å². The van der Waals surface area contributed by atoms with Gasteiger partial charge in [-0.15, -0.1) is 0 Å². The maximum atomic E-state index is 12.1. The van der Waals surface area contributed by atoms with Crippen LogP contribution in [0.2, 0.25) is 0 Å². The van der Waals surface area contributed by atoms with Crippen molar-refractivity contribution in [2.24, 2.45) is 13.0 Å². The van der Waals surface area contributed by atoms with Gasteiger partial charge in [-0.3, -0.25) is 9.48 Å². The summed E-state index contributed by atoms with van der Waals surface area (Å²) < 4.78 is 1.70. The smallest absolute Gasteiger partial charge is 0.254 e. The van der Waals surface area contributed by atoms with Crippen molar-refractivity contribution < 1.29 is 4.79 Å². The van der Waals surface area contributed by atoms with Crippen molar-refractivity contribution in [2.75, 3.05) is 11.9 Å². The third kappa shape index (κ3) is 4.12. The van der Waals surface area contributed by atoms with E-state index in [0.717, 1.165) is 36.8 Å². The number of hydrogen-bond acceptors (Lipinski definition) is 2. The molecule has 0 saturated heterocycles. The molecule has 0 bridgehead atoms. The Hall–Kier alpha value is -0.840. The molecule has 1 heterocycles. The number of aromatic nitrogens is 2. The van der Waals surface area contributed by atoms with Crippen LogP contribution in [0.25, 0.3) is 0 Å². The molecular formula is C13H22BrN3O. The van der Waals surface area contributed by atoms with Gasteiger partial charge in [0.2, 0.25) is 0 Å². The molecule has 1 rings (SSSR count). The molecule has 0 aliphatic carbocycles. The zero-order valence-corrected chi connectivity index (χ0v) is 13.0. The van der Waals surface area contributed by atoms with E-state index in [2.05, 4.69) is 33.3 Å². The summed E-state index contributed by atoms with van der Waals surface area (Å²) in [6.07, 6.45) is 4.74. The molecule has 0 aromatic carbocycles. The fourth-order valence-corrected chi connectivity index (χ4v) is 2.57. The van der Waals surface area contributed by atoms with Gasteiger partial charge in [-0.2, -0.15) is 5.10 Å². The van der Waals surface area contributed by atoms with Crippen LogP contribution in [-0.2, 0) is 13.5 Å². The summed E-state index contributed by atoms with van der Waals surface area (Å²) >= 11 is 3.44. The van der Waals surface area contributed by atoms with Crippen LogP contribution in [0.4, 0.5) is 0 Å². The van der Waals surface area contributed by atoms with Gasteiger partial charge in [0.1, 0.15) is 0 Å². The average molecular weight is 316 g/mol. The van der Waals surface area contributed by atoms with E-state index in [1.807, 2.05) is 14.0 Å². The first-order chi connectivity index (χ1) is 8.62. The van der Waals surface area contributed by atoms with Crippen molar-refractivity contribution in [3.05, 3.63) is 17.5 Å². The monoisotopic (exact) mass is 315 g/mol. The molecule has 0 saturated carbocycles. The third-order valence-electron chi connectivity index (χ3n) is 3.13. The summed E-state index contributed by atoms with van der Waals surface area (Å²) in [4.78, 5) is 12.1. The van der Waals surface area contributed by atoms with E-state index >= 15 is 0 Å². The van der Waals surface area contributed by atoms with Gasteiger partial charge in [0, 0.05) is 25.1 Å². The first kappa shape index (κ1) is 15.2. The summed E-state index contributed by atoms with van der Waals surface area (Å²) in [6.45, 7) is 4.90. The van der Waals surface area contributed by atoms with Crippen molar-refractivity contribution >= 4 is 21.8 Å². The second kappa shape index (κ2) is 7.56. The van der Waals surface area contributed by atoms with E-state index in [1.54, 1.807) is 10.9 Å². The van der Waals surface area contributed by atoms with Crippen molar-refractivity contribution in [1.82, 2.24) is 15.1 Å². The van der Waals surface area contributed by atoms with Crippen LogP contribution in [0.15, 0.2) is 6.20 Å². The Morgan fingerprint density at radius 2 is 2.28 bits per heavy atom. The molecule has 102 valence electrons. The summed E-state index contributed by atoms with van der Waals surface area (Å²) in [5, 5.41) is 8.27. The van der Waals surface area contributed by atoms with Crippen molar-refractivity contribution in [1.29, 1.82) is 0 Å². The quantitative estimate of drug-likeness (QED) is 0.786. The Bertz CT molecular complexity index is 390. The number of carbonyl (C=O) groups excluding carboxylic acids is 1. The molecule has 1 aromatic heterocycles. The molecular weight excluding hydrogens is 294 g/mol. The number of hydrogen-bond donors (Lipinski definition) is 1. The summed E-state index contributed by atoms with van der Waals surface area (Å²) in [5.41, 5.74) is 1.57. The lowest BCUT2D eigenvalue weighted by atomic mass is 10.0. The van der Waals surface area contributed by atoms with Crippen LogP contribution in [0.3, 0.4) is 0 Å². The molecule has 4 nitrogen and oxygen atoms in total. The van der Waals surface area contributed by atoms with Gasteiger partial charge in [-0.1, -0.05) is 36.2 Å². The van der Waals surface area contributed by atoms with E-state index in [-0.39, 0.29) is 5.91 Å². The number of carbonyl (C=O) groups is 1. The molecule has 0 aliphatic rings. The van der Waals surface area contributed by atoms with Gasteiger partial charge >= 0.3 is 0 Å². The van der Waals surface area contributed by atoms with Crippen LogP contribution in [-0.4, -0.2) is 27.6 Å². The number of alkyl halides is 1. The van der Waals surface area contributed by atoms with E-state index in [1.165, 1.54) is 0 Å². The number of rotatable bonds is 7. The van der Waals surface area contributed by atoms with Crippen molar-refractivity contribution in [2.45, 2.75) is 33.1 Å². The largest absolute Gasteiger partial charge is 0.352 e. The van der Waals surface area contributed by atoms with Crippen LogP contribution in [0.5, 0.6) is 0 Å². The first-order valence-corrected chi connectivity index (χ1v) is 7.61. The number of nitrogens with one attached hydrogen (secondary N) is 1. The Morgan fingerprint density at radius 1 is 1.56 bits per heavy atom. The first-order valence-electron chi connectivity index (χ1n) is 6.49. The molecule has 18 heavy (non-hydrogen) atoms. The molecule has 1 N–H and O–H groups in total. The SMILES string of the molecule is CCc1nn(C)cc1C(=O)NCC(CC)CCBr. The molecule has 1 amide bonds. The molecule has 1 aromatic rings. The third-order valence-corrected chi connectivity index (χ3v) is 3.59. The van der Waals surface area contributed by atoms with Crippen LogP contribution < -0.4 is 5.32 Å². The molecule has 5 heteroatoms. The van der Waals surface area contributed by atoms with Gasteiger partial charge in [0.05, 0.1) is 11.3 Å². The number of nitrogens with zero attached hydrogens (tertiary/aromatic N) is 2. The summed E-state index contributed by atoms with van der Waals surface area (Å²) in [5.74, 6) is 0.531. The summed E-state index contributed by atoms with van der Waals surface area (Å²) in [7, 11) is 1.84. The van der Waals surface area contributed by atoms with Crippen LogP contribution >= 0.6 is 15.9 Å². The van der Waals surface area contributed by atoms with E-state index in [4.69, 9.17) is 0 Å². The predicted octanol–water partition coefficient (Wildman–Crippen LogP) is 2.52. The highest BCUT2D eigenvalue weighted by atomic mass is 79.9. The van der Waals surface area contributed by atoms with Gasteiger partial charge in [-0.25, -0.2) is 0 Å². The Kier molecular flexibility index (Phi) is 6.39. The standard InChI is InChI=1S/C13H22BrN3O/c1-4-10(6-7-14)8-15-13(18)11-9-17(3)16-12(11)5-2/h9-10H,4-8H2,1-3H3,(H,15,18). The highest BCUT2D eigenvalue weighted by Gasteiger charge is 2.15. The fraction of sp³-hybridized carbons (Fsp3) is 0.692. The minimum Gasteiger partial charge on any atom is -0.352 e. The molecule has 0 spiro atoms. The predicted molar refractivity (Wildman–Crippen MR) is 77.1 cm³/mol. The minimum atomic E-state index is -0.00651. The molecule has 0 fully saturated rings. The second-order valence-corrected chi connectivity index (χ2v) is 5.27. The lowest BCUT2D eigenvalue weighted by Gasteiger charge is -2.14. The van der Waals surface area contributed by atoms with Crippen molar-refractivity contribution in [3.8, 4) is 0 Å². The molecule has 1 unspecified atom stereocenters. The van der Waals surface area contributed by atoms with Gasteiger partial charge in [0.25, 0.3) is 5.91 Å². The second-order valence-electron chi connectivity index (χ2n) is 4.48. The normalized spacial score (nSPS) is 12.4. The topological polar surface area (TPSA) is 46.9 Å². The highest BCUT2D eigenvalue weighted by Crippen LogP contribution is 2.10. The van der Waals surface area contributed by atoms with Crippen LogP contribution in [0, 0.1) is 5.92 Å².